The van der Waals surface area contributed by atoms with Crippen LogP contribution in [0.4, 0.5) is 17.2 Å². The lowest BCUT2D eigenvalue weighted by Crippen LogP contribution is -2.12. The lowest BCUT2D eigenvalue weighted by molar-refractivity contribution is 0.102. The number of aryl methyl sites for hydroxylation is 2. The van der Waals surface area contributed by atoms with Gasteiger partial charge in [-0.15, -0.1) is 0 Å². The number of amides is 1. The Bertz CT molecular complexity index is 883. The van der Waals surface area contributed by atoms with Crippen LogP contribution >= 0.6 is 0 Å². The van der Waals surface area contributed by atoms with Crippen LogP contribution in [0, 0.1) is 13.8 Å². The van der Waals surface area contributed by atoms with Crippen molar-refractivity contribution in [2.24, 2.45) is 0 Å². The Morgan fingerprint density at radius 1 is 0.962 bits per heavy atom. The minimum atomic E-state index is -0.212. The van der Waals surface area contributed by atoms with Gasteiger partial charge in [-0.05, 0) is 61.4 Å². The summed E-state index contributed by atoms with van der Waals surface area (Å²) in [7, 11) is 1.59. The van der Waals surface area contributed by atoms with E-state index in [2.05, 4.69) is 41.6 Å². The molecular formula is C21H21N3O2. The average Bonchev–Trinajstić information content (AvgIpc) is 2.66. The Kier molecular flexibility index (Phi) is 5.17. The van der Waals surface area contributed by atoms with Crippen LogP contribution < -0.4 is 15.4 Å². The maximum Gasteiger partial charge on any atom is 0.256 e. The number of hydrogen-bond donors (Lipinski definition) is 2. The Balaban J connectivity index is 1.68. The van der Waals surface area contributed by atoms with Gasteiger partial charge in [0.1, 0.15) is 11.6 Å². The summed E-state index contributed by atoms with van der Waals surface area (Å²) < 4.78 is 5.09. The smallest absolute Gasteiger partial charge is 0.256 e. The van der Waals surface area contributed by atoms with E-state index >= 15 is 0 Å². The lowest BCUT2D eigenvalue weighted by Gasteiger charge is -2.13. The number of ether oxygens (including phenoxy) is 1. The largest absolute Gasteiger partial charge is 0.497 e. The fourth-order valence-electron chi connectivity index (χ4n) is 2.63. The van der Waals surface area contributed by atoms with Crippen LogP contribution in [-0.4, -0.2) is 18.0 Å². The summed E-state index contributed by atoms with van der Waals surface area (Å²) in [6.45, 7) is 4.12. The first kappa shape index (κ1) is 17.5. The highest BCUT2D eigenvalue weighted by Crippen LogP contribution is 2.24. The SMILES string of the molecule is COc1ccc(C(=O)Nc2ccc(Nc3c(C)cccc3C)cn2)cc1. The van der Waals surface area contributed by atoms with E-state index in [0.717, 1.165) is 11.4 Å². The molecule has 0 unspecified atom stereocenters. The van der Waals surface area contributed by atoms with E-state index in [4.69, 9.17) is 4.74 Å². The van der Waals surface area contributed by atoms with Crippen LogP contribution in [-0.2, 0) is 0 Å². The van der Waals surface area contributed by atoms with E-state index in [1.807, 2.05) is 12.1 Å². The molecule has 0 aliphatic carbocycles. The lowest BCUT2D eigenvalue weighted by atomic mass is 10.1. The molecule has 5 nitrogen and oxygen atoms in total. The molecule has 26 heavy (non-hydrogen) atoms. The van der Waals surface area contributed by atoms with Crippen LogP contribution in [0.5, 0.6) is 5.75 Å². The predicted molar refractivity (Wildman–Crippen MR) is 104 cm³/mol. The molecule has 0 radical (unpaired) electrons. The molecule has 0 atom stereocenters. The van der Waals surface area contributed by atoms with E-state index in [9.17, 15) is 4.79 Å². The summed E-state index contributed by atoms with van der Waals surface area (Å²) in [6.07, 6.45) is 1.70. The molecule has 1 amide bonds. The van der Waals surface area contributed by atoms with Crippen LogP contribution in [0.1, 0.15) is 21.5 Å². The molecule has 2 aromatic carbocycles. The Morgan fingerprint density at radius 3 is 2.23 bits per heavy atom. The Labute approximate surface area is 153 Å². The second-order valence-corrected chi connectivity index (χ2v) is 6.01. The van der Waals surface area contributed by atoms with Crippen molar-refractivity contribution in [3.05, 3.63) is 77.5 Å². The van der Waals surface area contributed by atoms with Gasteiger partial charge in [0.15, 0.2) is 0 Å². The normalized spacial score (nSPS) is 10.3. The Hall–Kier alpha value is -3.34. The summed E-state index contributed by atoms with van der Waals surface area (Å²) in [6, 6.07) is 16.8. The maximum absolute atomic E-state index is 12.3. The quantitative estimate of drug-likeness (QED) is 0.702. The Morgan fingerprint density at radius 2 is 1.65 bits per heavy atom. The molecule has 3 aromatic rings. The number of nitrogens with one attached hydrogen (secondary N) is 2. The molecule has 1 heterocycles. The molecule has 0 saturated carbocycles. The van der Waals surface area contributed by atoms with Gasteiger partial charge in [0.25, 0.3) is 5.91 Å². The fraction of sp³-hybridized carbons (Fsp3) is 0.143. The number of nitrogens with zero attached hydrogens (tertiary/aromatic N) is 1. The molecule has 5 heteroatoms. The second kappa shape index (κ2) is 7.70. The van der Waals surface area contributed by atoms with Crippen molar-refractivity contribution in [1.29, 1.82) is 0 Å². The zero-order valence-corrected chi connectivity index (χ0v) is 15.0. The number of carbonyl (C=O) groups is 1. The minimum Gasteiger partial charge on any atom is -0.497 e. The van der Waals surface area contributed by atoms with E-state index in [0.29, 0.717) is 17.1 Å². The van der Waals surface area contributed by atoms with Gasteiger partial charge in [-0.1, -0.05) is 18.2 Å². The zero-order chi connectivity index (χ0) is 18.5. The van der Waals surface area contributed by atoms with Crippen LogP contribution in [0.2, 0.25) is 0 Å². The number of benzene rings is 2. The summed E-state index contributed by atoms with van der Waals surface area (Å²) in [5.41, 5.74) is 4.82. The molecule has 0 spiro atoms. The van der Waals surface area contributed by atoms with E-state index in [1.54, 1.807) is 43.6 Å². The topological polar surface area (TPSA) is 63.2 Å². The van der Waals surface area contributed by atoms with Gasteiger partial charge in [0, 0.05) is 11.3 Å². The standard InChI is InChI=1S/C21H21N3O2/c1-14-5-4-6-15(2)20(14)23-17-9-12-19(22-13-17)24-21(25)16-7-10-18(26-3)11-8-16/h4-13,23H,1-3H3,(H,22,24,25). The highest BCUT2D eigenvalue weighted by Gasteiger charge is 2.08. The highest BCUT2D eigenvalue weighted by molar-refractivity contribution is 6.03. The fourth-order valence-corrected chi connectivity index (χ4v) is 2.63. The van der Waals surface area contributed by atoms with E-state index < -0.39 is 0 Å². The second-order valence-electron chi connectivity index (χ2n) is 6.01. The van der Waals surface area contributed by atoms with Crippen molar-refractivity contribution in [1.82, 2.24) is 4.98 Å². The van der Waals surface area contributed by atoms with E-state index in [1.165, 1.54) is 11.1 Å². The van der Waals surface area contributed by atoms with Crippen LogP contribution in [0.15, 0.2) is 60.8 Å². The molecular weight excluding hydrogens is 326 g/mol. The molecule has 132 valence electrons. The maximum atomic E-state index is 12.3. The number of anilines is 3. The van der Waals surface area contributed by atoms with Crippen molar-refractivity contribution in [2.75, 3.05) is 17.7 Å². The van der Waals surface area contributed by atoms with Gasteiger partial charge < -0.3 is 15.4 Å². The van der Waals surface area contributed by atoms with Crippen molar-refractivity contribution >= 4 is 23.1 Å². The molecule has 0 fully saturated rings. The number of aromatic nitrogens is 1. The molecule has 3 rings (SSSR count). The summed E-state index contributed by atoms with van der Waals surface area (Å²) in [5.74, 6) is 0.995. The van der Waals surface area contributed by atoms with Gasteiger partial charge in [-0.3, -0.25) is 4.79 Å². The first-order valence-corrected chi connectivity index (χ1v) is 8.31. The highest BCUT2D eigenvalue weighted by atomic mass is 16.5. The number of rotatable bonds is 5. The van der Waals surface area contributed by atoms with Crippen LogP contribution in [0.3, 0.4) is 0 Å². The van der Waals surface area contributed by atoms with Gasteiger partial charge >= 0.3 is 0 Å². The summed E-state index contributed by atoms with van der Waals surface area (Å²) in [5, 5.41) is 6.17. The van der Waals surface area contributed by atoms with Gasteiger partial charge in [0.2, 0.25) is 0 Å². The van der Waals surface area contributed by atoms with Gasteiger partial charge in [0.05, 0.1) is 19.0 Å². The number of para-hydroxylation sites is 1. The van der Waals surface area contributed by atoms with Crippen molar-refractivity contribution in [2.45, 2.75) is 13.8 Å². The third-order valence-electron chi connectivity index (χ3n) is 4.11. The van der Waals surface area contributed by atoms with Crippen molar-refractivity contribution in [3.63, 3.8) is 0 Å². The predicted octanol–water partition coefficient (Wildman–Crippen LogP) is 4.70. The van der Waals surface area contributed by atoms with Crippen molar-refractivity contribution < 1.29 is 9.53 Å². The third-order valence-corrected chi connectivity index (χ3v) is 4.11. The molecule has 0 aliphatic heterocycles. The number of pyridine rings is 1. The zero-order valence-electron chi connectivity index (χ0n) is 15.0. The molecule has 2 N–H and O–H groups in total. The minimum absolute atomic E-state index is 0.212. The molecule has 0 aliphatic rings. The summed E-state index contributed by atoms with van der Waals surface area (Å²) >= 11 is 0. The van der Waals surface area contributed by atoms with Crippen LogP contribution in [0.25, 0.3) is 0 Å². The number of carbonyl (C=O) groups excluding carboxylic acids is 1. The third kappa shape index (κ3) is 4.00. The van der Waals surface area contributed by atoms with Gasteiger partial charge in [-0.2, -0.15) is 0 Å². The number of hydrogen-bond acceptors (Lipinski definition) is 4. The number of methoxy groups -OCH3 is 1. The summed E-state index contributed by atoms with van der Waals surface area (Å²) in [4.78, 5) is 16.6. The molecule has 0 saturated heterocycles. The van der Waals surface area contributed by atoms with E-state index in [-0.39, 0.29) is 5.91 Å². The monoisotopic (exact) mass is 347 g/mol. The average molecular weight is 347 g/mol. The molecule has 0 bridgehead atoms. The first-order valence-electron chi connectivity index (χ1n) is 8.31. The first-order chi connectivity index (χ1) is 12.6. The van der Waals surface area contributed by atoms with Gasteiger partial charge in [-0.25, -0.2) is 4.98 Å². The molecule has 1 aromatic heterocycles. The van der Waals surface area contributed by atoms with Crippen molar-refractivity contribution in [3.8, 4) is 5.75 Å².